The molecule has 0 atom stereocenters. The lowest BCUT2D eigenvalue weighted by atomic mass is 10.3. The number of nitrogens with zero attached hydrogens (tertiary/aromatic N) is 10. The number of hydrogen-bond donors (Lipinski definition) is 2. The predicted molar refractivity (Wildman–Crippen MR) is 122 cm³/mol. The molecule has 35 heavy (non-hydrogen) atoms. The Bertz CT molecular complexity index is 1520. The van der Waals surface area contributed by atoms with Crippen molar-refractivity contribution >= 4 is 42.0 Å². The molecule has 0 bridgehead atoms. The lowest BCUT2D eigenvalue weighted by molar-refractivity contribution is 0.393. The van der Waals surface area contributed by atoms with Gasteiger partial charge in [-0.15, -0.1) is 26.1 Å². The number of hydrogen-bond acceptors (Lipinski definition) is 14. The van der Waals surface area contributed by atoms with Crippen LogP contribution in [0.5, 0.6) is 0 Å². The molecule has 7 heterocycles. The molecule has 0 saturated carbocycles. The maximum atomic E-state index is 6.21. The van der Waals surface area contributed by atoms with E-state index in [1.54, 1.807) is 30.9 Å². The minimum absolute atomic E-state index is 0.211. The molecule has 6 aromatic heterocycles. The summed E-state index contributed by atoms with van der Waals surface area (Å²) in [5.41, 5.74) is 1.07. The average Bonchev–Trinajstić information content (AvgIpc) is 3.75. The van der Waals surface area contributed by atoms with E-state index in [4.69, 9.17) is 32.9 Å². The van der Waals surface area contributed by atoms with Crippen LogP contribution in [0.2, 0.25) is 0 Å². The lowest BCUT2D eigenvalue weighted by Crippen LogP contribution is -2.37. The zero-order valence-corrected chi connectivity index (χ0v) is 19.7. The van der Waals surface area contributed by atoms with Crippen LogP contribution in [-0.2, 0) is 0 Å². The third kappa shape index (κ3) is 1.96. The molecule has 174 valence electrons. The zero-order valence-electron chi connectivity index (χ0n) is 17.3. The van der Waals surface area contributed by atoms with Gasteiger partial charge < -0.3 is 8.94 Å². The van der Waals surface area contributed by atoms with E-state index >= 15 is 0 Å². The number of nitrogens with one attached hydrogen (secondary N) is 2. The third-order valence-electron chi connectivity index (χ3n) is 5.92. The van der Waals surface area contributed by atoms with Crippen molar-refractivity contribution in [2.45, 2.75) is 19.6 Å². The number of aromatic nitrogens is 10. The van der Waals surface area contributed by atoms with Crippen molar-refractivity contribution in [3.8, 4) is 0 Å². The molecular weight excluding hydrogens is 512 g/mol. The van der Waals surface area contributed by atoms with E-state index < -0.39 is 8.48 Å². The van der Waals surface area contributed by atoms with Crippen molar-refractivity contribution in [3.63, 3.8) is 0 Å². The maximum Gasteiger partial charge on any atom is 0.262 e. The van der Waals surface area contributed by atoms with Gasteiger partial charge in [-0.2, -0.15) is 24.9 Å². The summed E-state index contributed by atoms with van der Waals surface area (Å²) in [5.74, 6) is 0. The second-order valence-electron chi connectivity index (χ2n) is 7.34. The van der Waals surface area contributed by atoms with Gasteiger partial charge in [0.15, 0.2) is 16.3 Å². The molecule has 7 rings (SSSR count). The van der Waals surface area contributed by atoms with Gasteiger partial charge in [-0.05, 0) is 23.7 Å². The fourth-order valence-corrected chi connectivity index (χ4v) is 14.3. The molecule has 0 aliphatic carbocycles. The number of H-pyrrole nitrogens is 2. The molecule has 0 aromatic carbocycles. The molecule has 0 fully saturated rings. The van der Waals surface area contributed by atoms with Crippen LogP contribution in [0.1, 0.15) is 11.4 Å². The van der Waals surface area contributed by atoms with Crippen LogP contribution in [0, 0.1) is 0 Å². The third-order valence-corrected chi connectivity index (χ3v) is 15.1. The van der Waals surface area contributed by atoms with E-state index in [9.17, 15) is 0 Å². The van der Waals surface area contributed by atoms with E-state index in [2.05, 4.69) is 36.0 Å². The summed E-state index contributed by atoms with van der Waals surface area (Å²) in [4.78, 5) is 10.0. The van der Waals surface area contributed by atoms with Crippen molar-refractivity contribution in [2.24, 2.45) is 9.63 Å². The smallest absolute Gasteiger partial charge is 0.262 e. The minimum Gasteiger partial charge on any atom is -0.440 e. The Balaban J connectivity index is 1.89. The highest BCUT2D eigenvalue weighted by molar-refractivity contribution is 8.70. The van der Waals surface area contributed by atoms with Crippen LogP contribution in [0.15, 0.2) is 98.4 Å². The first-order valence-electron chi connectivity index (χ1n) is 9.85. The van der Waals surface area contributed by atoms with Crippen LogP contribution in [0.25, 0.3) is 10.6 Å². The van der Waals surface area contributed by atoms with Crippen LogP contribution in [-0.4, -0.2) is 50.3 Å². The molecule has 14 nitrogen and oxygen atoms in total. The Labute approximate surface area is 201 Å². The number of oxazole rings is 1. The van der Waals surface area contributed by atoms with Crippen LogP contribution >= 0.6 is 31.3 Å². The topological polar surface area (TPSA) is 186 Å². The standard InChI is InChI=1S/C18H12N12O2S3/c1-3-21-25-13(1)35(14-2-7-34-27-14,17-19-4-6-31-17,18-20-5-8-33-18)16(11-9-22-28-23-11)15(26-30-35)12-10-32-29-24-12/h1-10H,(H,21,25)(H,22,23,28). The Kier molecular flexibility index (Phi) is 3.79. The Morgan fingerprint density at radius 3 is 2.66 bits per heavy atom. The van der Waals surface area contributed by atoms with Crippen LogP contribution in [0.4, 0.5) is 0 Å². The van der Waals surface area contributed by atoms with Gasteiger partial charge in [-0.3, -0.25) is 5.10 Å². The summed E-state index contributed by atoms with van der Waals surface area (Å²) < 4.78 is 21.9. The number of aromatic amines is 2. The average molecular weight is 525 g/mol. The van der Waals surface area contributed by atoms with Crippen molar-refractivity contribution in [1.82, 2.24) is 50.3 Å². The van der Waals surface area contributed by atoms with Crippen LogP contribution in [0.3, 0.4) is 0 Å². The lowest BCUT2D eigenvalue weighted by Gasteiger charge is -2.66. The molecule has 0 spiro atoms. The molecular formula is C18H12N12O2S3. The van der Waals surface area contributed by atoms with E-state index in [0.29, 0.717) is 36.4 Å². The summed E-state index contributed by atoms with van der Waals surface area (Å²) >= 11 is 2.61. The zero-order chi connectivity index (χ0) is 23.4. The van der Waals surface area contributed by atoms with Crippen molar-refractivity contribution in [3.05, 3.63) is 71.6 Å². The fourth-order valence-electron chi connectivity index (χ4n) is 4.58. The summed E-state index contributed by atoms with van der Waals surface area (Å²) in [6, 6.07) is 3.66. The van der Waals surface area contributed by atoms with Gasteiger partial charge in [0.25, 0.3) is 5.22 Å². The first-order valence-corrected chi connectivity index (χ1v) is 14.0. The van der Waals surface area contributed by atoms with Gasteiger partial charge in [0, 0.05) is 36.9 Å². The monoisotopic (exact) mass is 524 g/mol. The summed E-state index contributed by atoms with van der Waals surface area (Å²) in [6.07, 6.45) is 9.27. The second kappa shape index (κ2) is 6.62. The quantitative estimate of drug-likeness (QED) is 0.321. The number of rotatable bonds is 6. The summed E-state index contributed by atoms with van der Waals surface area (Å²) in [5, 5.41) is 36.2. The predicted octanol–water partition coefficient (Wildman–Crippen LogP) is 4.13. The summed E-state index contributed by atoms with van der Waals surface area (Å²) in [6.45, 7) is 0. The van der Waals surface area contributed by atoms with Gasteiger partial charge in [0.2, 0.25) is 0 Å². The molecule has 17 heteroatoms. The highest BCUT2D eigenvalue weighted by Gasteiger charge is 2.81. The highest BCUT2D eigenvalue weighted by Crippen LogP contribution is 3.13. The fraction of sp³-hybridized carbons (Fsp3) is 0. The van der Waals surface area contributed by atoms with Crippen molar-refractivity contribution in [2.75, 3.05) is 0 Å². The molecule has 0 unspecified atom stereocenters. The first kappa shape index (κ1) is 20.1. The molecule has 0 radical (unpaired) electrons. The Hall–Kier alpha value is -4.35. The van der Waals surface area contributed by atoms with E-state index in [1.165, 1.54) is 35.4 Å². The maximum absolute atomic E-state index is 6.21. The molecule has 6 aromatic rings. The Morgan fingerprint density at radius 1 is 1.00 bits per heavy atom. The largest absolute Gasteiger partial charge is 0.440 e. The molecule has 0 amide bonds. The summed E-state index contributed by atoms with van der Waals surface area (Å²) in [7, 11) is -5.09. The molecule has 1 aliphatic rings. The van der Waals surface area contributed by atoms with Crippen molar-refractivity contribution in [1.29, 1.82) is 0 Å². The molecule has 1 aliphatic heterocycles. The second-order valence-corrected chi connectivity index (χ2v) is 14.3. The normalized spacial score (nSPS) is 19.8. The minimum atomic E-state index is -5.09. The van der Waals surface area contributed by atoms with E-state index in [-0.39, 0.29) is 5.22 Å². The van der Waals surface area contributed by atoms with Gasteiger partial charge in [0.1, 0.15) is 27.7 Å². The van der Waals surface area contributed by atoms with E-state index in [0.717, 1.165) is 0 Å². The van der Waals surface area contributed by atoms with Gasteiger partial charge in [0.05, 0.1) is 17.3 Å². The van der Waals surface area contributed by atoms with Crippen molar-refractivity contribution < 1.29 is 8.94 Å². The number of thiazole rings is 1. The highest BCUT2D eigenvalue weighted by atomic mass is 32.4. The molecule has 2 N–H and O–H groups in total. The first-order chi connectivity index (χ1) is 17.3. The van der Waals surface area contributed by atoms with Gasteiger partial charge >= 0.3 is 0 Å². The molecule has 0 saturated heterocycles. The van der Waals surface area contributed by atoms with Gasteiger partial charge in [-0.25, -0.2) is 9.97 Å². The Morgan fingerprint density at radius 2 is 2.00 bits per heavy atom. The van der Waals surface area contributed by atoms with Crippen LogP contribution < -0.4 is 0 Å². The van der Waals surface area contributed by atoms with Gasteiger partial charge in [-0.1, -0.05) is 0 Å². The SMILES string of the molecule is c1cc(S2(c3ccsn3)(c3ncco3)(c3nccs3)N=NC(c3conn3)=C2c2cn[nH]n2)[nH]n1. The van der Waals surface area contributed by atoms with E-state index in [1.807, 2.05) is 16.8 Å².